The first-order valence-corrected chi connectivity index (χ1v) is 7.97. The molecule has 4 nitrogen and oxygen atoms in total. The average Bonchev–Trinajstić information content (AvgIpc) is 2.63. The molecule has 0 saturated carbocycles. The third-order valence-corrected chi connectivity index (χ3v) is 4.05. The van der Waals surface area contributed by atoms with Gasteiger partial charge in [-0.1, -0.05) is 12.1 Å². The fourth-order valence-corrected chi connectivity index (χ4v) is 2.70. The molecule has 0 N–H and O–H groups in total. The Balaban J connectivity index is 1.48. The highest BCUT2D eigenvalue weighted by Gasteiger charge is 2.21. The standard InChI is InChI=1S/C19H19FN2O2/c20-17-5-3-16(4-6-17)19-14-22(10-12-24-19)9-11-23-18-7-1-15(13-21)2-8-18/h1-8,19H,9-12,14H2. The number of hydrogen-bond acceptors (Lipinski definition) is 4. The van der Waals surface area contributed by atoms with Crippen molar-refractivity contribution >= 4 is 0 Å². The SMILES string of the molecule is N#Cc1ccc(OCCN2CCOC(c3ccc(F)cc3)C2)cc1. The molecule has 1 heterocycles. The molecule has 2 aromatic rings. The maximum absolute atomic E-state index is 13.0. The molecule has 0 amide bonds. The van der Waals surface area contributed by atoms with Gasteiger partial charge in [-0.05, 0) is 42.0 Å². The molecule has 24 heavy (non-hydrogen) atoms. The van der Waals surface area contributed by atoms with Crippen LogP contribution in [0.25, 0.3) is 0 Å². The highest BCUT2D eigenvalue weighted by atomic mass is 19.1. The largest absolute Gasteiger partial charge is 0.492 e. The molecular formula is C19H19FN2O2. The Hall–Kier alpha value is -2.42. The van der Waals surface area contributed by atoms with Crippen molar-refractivity contribution in [3.63, 3.8) is 0 Å². The van der Waals surface area contributed by atoms with Gasteiger partial charge < -0.3 is 9.47 Å². The van der Waals surface area contributed by atoms with Gasteiger partial charge in [-0.3, -0.25) is 4.90 Å². The lowest BCUT2D eigenvalue weighted by Gasteiger charge is -2.33. The molecule has 1 aliphatic rings. The van der Waals surface area contributed by atoms with Crippen LogP contribution >= 0.6 is 0 Å². The number of halogens is 1. The molecule has 0 aromatic heterocycles. The summed E-state index contributed by atoms with van der Waals surface area (Å²) in [6, 6.07) is 15.7. The zero-order valence-electron chi connectivity index (χ0n) is 13.3. The van der Waals surface area contributed by atoms with Crippen LogP contribution in [0.5, 0.6) is 5.75 Å². The van der Waals surface area contributed by atoms with Crippen molar-refractivity contribution < 1.29 is 13.9 Å². The Labute approximate surface area is 141 Å². The van der Waals surface area contributed by atoms with Crippen LogP contribution in [0, 0.1) is 17.1 Å². The summed E-state index contributed by atoms with van der Waals surface area (Å²) < 4.78 is 24.5. The minimum absolute atomic E-state index is 0.0331. The molecule has 0 aliphatic carbocycles. The van der Waals surface area contributed by atoms with Crippen LogP contribution < -0.4 is 4.74 Å². The van der Waals surface area contributed by atoms with E-state index in [0.717, 1.165) is 30.9 Å². The van der Waals surface area contributed by atoms with E-state index in [-0.39, 0.29) is 11.9 Å². The van der Waals surface area contributed by atoms with Gasteiger partial charge in [-0.2, -0.15) is 5.26 Å². The molecule has 1 aliphatic heterocycles. The predicted molar refractivity (Wildman–Crippen MR) is 88.2 cm³/mol. The lowest BCUT2D eigenvalue weighted by atomic mass is 10.1. The molecule has 2 aromatic carbocycles. The molecule has 0 bridgehead atoms. The van der Waals surface area contributed by atoms with Crippen LogP contribution in [0.1, 0.15) is 17.2 Å². The van der Waals surface area contributed by atoms with Crippen molar-refractivity contribution in [3.8, 4) is 11.8 Å². The molecule has 5 heteroatoms. The molecule has 1 saturated heterocycles. The third kappa shape index (κ3) is 4.31. The van der Waals surface area contributed by atoms with Crippen LogP contribution in [0.15, 0.2) is 48.5 Å². The number of hydrogen-bond donors (Lipinski definition) is 0. The van der Waals surface area contributed by atoms with Gasteiger partial charge in [0.25, 0.3) is 0 Å². The van der Waals surface area contributed by atoms with Gasteiger partial charge in [0.05, 0.1) is 24.3 Å². The highest BCUT2D eigenvalue weighted by Crippen LogP contribution is 2.22. The number of rotatable bonds is 5. The summed E-state index contributed by atoms with van der Waals surface area (Å²) in [6.45, 7) is 3.64. The van der Waals surface area contributed by atoms with Crippen LogP contribution in [0.3, 0.4) is 0 Å². The molecule has 124 valence electrons. The Morgan fingerprint density at radius 3 is 2.62 bits per heavy atom. The quantitative estimate of drug-likeness (QED) is 0.847. The van der Waals surface area contributed by atoms with Gasteiger partial charge in [-0.15, -0.1) is 0 Å². The topological polar surface area (TPSA) is 45.5 Å². The molecule has 1 fully saturated rings. The first-order chi connectivity index (χ1) is 11.7. The van der Waals surface area contributed by atoms with Gasteiger partial charge in [0.2, 0.25) is 0 Å². The summed E-state index contributed by atoms with van der Waals surface area (Å²) in [5, 5.41) is 8.78. The Morgan fingerprint density at radius 1 is 1.17 bits per heavy atom. The monoisotopic (exact) mass is 326 g/mol. The van der Waals surface area contributed by atoms with Crippen LogP contribution in [-0.2, 0) is 4.74 Å². The summed E-state index contributed by atoms with van der Waals surface area (Å²) in [6.07, 6.45) is -0.0331. The predicted octanol–water partition coefficient (Wildman–Crippen LogP) is 3.15. The van der Waals surface area contributed by atoms with Gasteiger partial charge in [0.1, 0.15) is 18.2 Å². The number of morpholine rings is 1. The molecule has 0 spiro atoms. The number of ether oxygens (including phenoxy) is 2. The van der Waals surface area contributed by atoms with Crippen molar-refractivity contribution in [2.24, 2.45) is 0 Å². The van der Waals surface area contributed by atoms with Crippen molar-refractivity contribution in [3.05, 3.63) is 65.5 Å². The molecule has 0 radical (unpaired) electrons. The minimum Gasteiger partial charge on any atom is -0.492 e. The maximum atomic E-state index is 13.0. The Bertz CT molecular complexity index is 695. The van der Waals surface area contributed by atoms with E-state index in [1.54, 1.807) is 36.4 Å². The van der Waals surface area contributed by atoms with Crippen LogP contribution in [0.4, 0.5) is 4.39 Å². The summed E-state index contributed by atoms with van der Waals surface area (Å²) in [4.78, 5) is 2.28. The molecular weight excluding hydrogens is 307 g/mol. The van der Waals surface area contributed by atoms with E-state index in [4.69, 9.17) is 14.7 Å². The first kappa shape index (κ1) is 16.4. The summed E-state index contributed by atoms with van der Waals surface area (Å²) in [5.41, 5.74) is 1.62. The van der Waals surface area contributed by atoms with Crippen LogP contribution in [-0.4, -0.2) is 37.7 Å². The second-order valence-electron chi connectivity index (χ2n) is 5.70. The first-order valence-electron chi connectivity index (χ1n) is 7.97. The normalized spacial score (nSPS) is 18.1. The van der Waals surface area contributed by atoms with Gasteiger partial charge in [0.15, 0.2) is 0 Å². The van der Waals surface area contributed by atoms with Crippen molar-refractivity contribution in [2.75, 3.05) is 32.8 Å². The fraction of sp³-hybridized carbons (Fsp3) is 0.316. The van der Waals surface area contributed by atoms with E-state index in [1.165, 1.54) is 12.1 Å². The summed E-state index contributed by atoms with van der Waals surface area (Å²) >= 11 is 0. The van der Waals surface area contributed by atoms with Crippen molar-refractivity contribution in [1.82, 2.24) is 4.90 Å². The smallest absolute Gasteiger partial charge is 0.123 e. The van der Waals surface area contributed by atoms with E-state index < -0.39 is 0 Å². The highest BCUT2D eigenvalue weighted by molar-refractivity contribution is 5.34. The van der Waals surface area contributed by atoms with E-state index in [1.807, 2.05) is 0 Å². The van der Waals surface area contributed by atoms with E-state index in [2.05, 4.69) is 11.0 Å². The van der Waals surface area contributed by atoms with Gasteiger partial charge >= 0.3 is 0 Å². The maximum Gasteiger partial charge on any atom is 0.123 e. The molecule has 1 unspecified atom stereocenters. The van der Waals surface area contributed by atoms with Crippen molar-refractivity contribution in [2.45, 2.75) is 6.10 Å². The second kappa shape index (κ2) is 7.91. The lowest BCUT2D eigenvalue weighted by molar-refractivity contribution is -0.0329. The second-order valence-corrected chi connectivity index (χ2v) is 5.70. The molecule has 3 rings (SSSR count). The molecule has 1 atom stereocenters. The summed E-state index contributed by atoms with van der Waals surface area (Å²) in [5.74, 6) is 0.527. The Kier molecular flexibility index (Phi) is 5.42. The Morgan fingerprint density at radius 2 is 1.92 bits per heavy atom. The van der Waals surface area contributed by atoms with Crippen molar-refractivity contribution in [1.29, 1.82) is 5.26 Å². The fourth-order valence-electron chi connectivity index (χ4n) is 2.70. The third-order valence-electron chi connectivity index (χ3n) is 4.05. The number of nitrogens with zero attached hydrogens (tertiary/aromatic N) is 2. The number of nitriles is 1. The van der Waals surface area contributed by atoms with Gasteiger partial charge in [-0.25, -0.2) is 4.39 Å². The zero-order chi connectivity index (χ0) is 16.8. The average molecular weight is 326 g/mol. The number of benzene rings is 2. The lowest BCUT2D eigenvalue weighted by Crippen LogP contribution is -2.40. The minimum atomic E-state index is -0.234. The van der Waals surface area contributed by atoms with E-state index in [0.29, 0.717) is 18.8 Å². The van der Waals surface area contributed by atoms with Gasteiger partial charge in [0, 0.05) is 19.6 Å². The zero-order valence-corrected chi connectivity index (χ0v) is 13.3. The summed E-state index contributed by atoms with van der Waals surface area (Å²) in [7, 11) is 0. The van der Waals surface area contributed by atoms with E-state index >= 15 is 0 Å². The van der Waals surface area contributed by atoms with E-state index in [9.17, 15) is 4.39 Å². The van der Waals surface area contributed by atoms with Crippen LogP contribution in [0.2, 0.25) is 0 Å².